The Labute approximate surface area is 175 Å². The van der Waals surface area contributed by atoms with E-state index in [-0.39, 0.29) is 0 Å². The molecule has 2 amide bonds. The number of thiocarbonyl (C=S) groups is 1. The van der Waals surface area contributed by atoms with E-state index in [4.69, 9.17) is 23.8 Å². The predicted molar refractivity (Wildman–Crippen MR) is 116 cm³/mol. The van der Waals surface area contributed by atoms with Gasteiger partial charge in [0.15, 0.2) is 10.5 Å². The quantitative estimate of drug-likeness (QED) is 0.299. The van der Waals surface area contributed by atoms with Gasteiger partial charge in [-0.1, -0.05) is 41.6 Å². The Hall–Kier alpha value is -1.65. The van der Waals surface area contributed by atoms with E-state index in [1.54, 1.807) is 30.5 Å². The van der Waals surface area contributed by atoms with Crippen LogP contribution in [0.3, 0.4) is 0 Å². The van der Waals surface area contributed by atoms with Crippen LogP contribution >= 0.6 is 46.9 Å². The molecule has 1 aromatic carbocycles. The number of amides is 2. The highest BCUT2D eigenvalue weighted by atomic mass is 35.5. The number of thiophene rings is 1. The number of carbonyl (C=O) groups excluding carboxylic acids is 1. The maximum atomic E-state index is 12.6. The molecule has 0 saturated carbocycles. The van der Waals surface area contributed by atoms with E-state index in [0.717, 1.165) is 4.88 Å². The van der Waals surface area contributed by atoms with Gasteiger partial charge in [-0.05, 0) is 49.6 Å². The topological polar surface area (TPSA) is 68.2 Å². The Kier molecular flexibility index (Phi) is 6.07. The summed E-state index contributed by atoms with van der Waals surface area (Å²) >= 11 is 14.2. The third-order valence-electron chi connectivity index (χ3n) is 3.78. The van der Waals surface area contributed by atoms with Gasteiger partial charge in [0, 0.05) is 15.6 Å². The second-order valence-corrected chi connectivity index (χ2v) is 9.94. The number of carbonyl (C=O) groups is 1. The van der Waals surface area contributed by atoms with Crippen LogP contribution in [0.5, 0.6) is 0 Å². The van der Waals surface area contributed by atoms with Crippen molar-refractivity contribution in [2.24, 2.45) is 5.10 Å². The number of anilines is 1. The van der Waals surface area contributed by atoms with Gasteiger partial charge in [-0.25, -0.2) is 9.80 Å². The summed E-state index contributed by atoms with van der Waals surface area (Å²) in [4.78, 5) is 13.5. The zero-order valence-corrected chi connectivity index (χ0v) is 17.7. The summed E-state index contributed by atoms with van der Waals surface area (Å²) in [6.07, 6.45) is 0.898. The Bertz CT molecular complexity index is 856. The number of rotatable bonds is 4. The van der Waals surface area contributed by atoms with E-state index in [1.165, 1.54) is 28.1 Å². The van der Waals surface area contributed by atoms with Crippen LogP contribution in [0.2, 0.25) is 5.02 Å². The normalized spacial score (nSPS) is 18.9. The lowest BCUT2D eigenvalue weighted by Crippen LogP contribution is -2.54. The molecule has 3 rings (SSSR count). The first-order valence-electron chi connectivity index (χ1n) is 7.92. The summed E-state index contributed by atoms with van der Waals surface area (Å²) in [6, 6.07) is 9.77. The summed E-state index contributed by atoms with van der Waals surface area (Å²) in [5.74, 6) is 0. The molecule has 1 saturated heterocycles. The number of urea groups is 1. The van der Waals surface area contributed by atoms with Gasteiger partial charge >= 0.3 is 6.03 Å². The number of hydroxylamine groups is 2. The van der Waals surface area contributed by atoms with Crippen LogP contribution in [0, 0.1) is 0 Å². The monoisotopic (exact) mass is 440 g/mol. The molecular formula is C17H17ClN4O2S3. The molecule has 2 N–H and O–H groups in total. The Morgan fingerprint density at radius 3 is 2.74 bits per heavy atom. The first kappa shape index (κ1) is 20.1. The number of nitrogens with one attached hydrogen (secondary N) is 1. The molecule has 0 aliphatic carbocycles. The van der Waals surface area contributed by atoms with Crippen molar-refractivity contribution in [3.05, 3.63) is 51.7 Å². The second kappa shape index (κ2) is 8.15. The zero-order chi connectivity index (χ0) is 19.6. The SMILES string of the molecule is CC1(C)SC(=S)N(/N=C/c2cccs2)C1N(O)C(=O)Nc1ccc(Cl)cc1. The summed E-state index contributed by atoms with van der Waals surface area (Å²) in [5.41, 5.74) is 0.517. The van der Waals surface area contributed by atoms with Crippen molar-refractivity contribution in [1.82, 2.24) is 10.1 Å². The first-order chi connectivity index (χ1) is 12.8. The largest absolute Gasteiger partial charge is 0.347 e. The average Bonchev–Trinajstić information content (AvgIpc) is 3.19. The molecule has 0 bridgehead atoms. The van der Waals surface area contributed by atoms with Crippen molar-refractivity contribution in [3.63, 3.8) is 0 Å². The van der Waals surface area contributed by atoms with Gasteiger partial charge in [0.1, 0.15) is 0 Å². The maximum Gasteiger partial charge on any atom is 0.347 e. The van der Waals surface area contributed by atoms with Crippen molar-refractivity contribution in [2.45, 2.75) is 24.8 Å². The standard InChI is InChI=1S/C17H17ClN4O2S3/c1-17(2)14(21(16(25)27-17)19-10-13-4-3-9-26-13)22(24)15(23)20-12-7-5-11(18)6-8-12/h3-10,14,24H,1-2H3,(H,20,23)/b19-10+. The second-order valence-electron chi connectivity index (χ2n) is 6.23. The van der Waals surface area contributed by atoms with Crippen molar-refractivity contribution in [3.8, 4) is 0 Å². The average molecular weight is 441 g/mol. The molecule has 1 fully saturated rings. The number of hydrogen-bond donors (Lipinski definition) is 2. The lowest BCUT2D eigenvalue weighted by atomic mass is 10.1. The fourth-order valence-electron chi connectivity index (χ4n) is 2.54. The molecular weight excluding hydrogens is 424 g/mol. The fourth-order valence-corrected chi connectivity index (χ4v) is 5.03. The van der Waals surface area contributed by atoms with Crippen molar-refractivity contribution in [2.75, 3.05) is 5.32 Å². The molecule has 6 nitrogen and oxygen atoms in total. The smallest absolute Gasteiger partial charge is 0.306 e. The van der Waals surface area contributed by atoms with Crippen LogP contribution in [0.15, 0.2) is 46.9 Å². The van der Waals surface area contributed by atoms with E-state index in [2.05, 4.69) is 10.4 Å². The number of halogens is 1. The minimum atomic E-state index is -0.765. The molecule has 2 heterocycles. The van der Waals surface area contributed by atoms with Crippen LogP contribution in [0.4, 0.5) is 10.5 Å². The molecule has 10 heteroatoms. The molecule has 142 valence electrons. The molecule has 1 unspecified atom stereocenters. The van der Waals surface area contributed by atoms with Crippen LogP contribution in [-0.2, 0) is 0 Å². The highest BCUT2D eigenvalue weighted by molar-refractivity contribution is 8.24. The van der Waals surface area contributed by atoms with Crippen molar-refractivity contribution >= 4 is 69.2 Å². The molecule has 1 atom stereocenters. The summed E-state index contributed by atoms with van der Waals surface area (Å²) < 4.78 is -0.0770. The van der Waals surface area contributed by atoms with Gasteiger partial charge in [-0.15, -0.1) is 11.3 Å². The lowest BCUT2D eigenvalue weighted by Gasteiger charge is -2.34. The van der Waals surface area contributed by atoms with Crippen LogP contribution < -0.4 is 5.32 Å². The van der Waals surface area contributed by atoms with Gasteiger partial charge in [-0.3, -0.25) is 5.21 Å². The van der Waals surface area contributed by atoms with Crippen LogP contribution in [0.25, 0.3) is 0 Å². The lowest BCUT2D eigenvalue weighted by molar-refractivity contribution is -0.114. The molecule has 0 radical (unpaired) electrons. The van der Waals surface area contributed by atoms with Gasteiger partial charge in [-0.2, -0.15) is 10.2 Å². The highest BCUT2D eigenvalue weighted by Gasteiger charge is 2.50. The zero-order valence-electron chi connectivity index (χ0n) is 14.5. The number of nitrogens with zero attached hydrogens (tertiary/aromatic N) is 3. The van der Waals surface area contributed by atoms with E-state index in [9.17, 15) is 10.0 Å². The van der Waals surface area contributed by atoms with Gasteiger partial charge in [0.05, 0.1) is 11.0 Å². The van der Waals surface area contributed by atoms with E-state index < -0.39 is 16.9 Å². The van der Waals surface area contributed by atoms with E-state index >= 15 is 0 Å². The first-order valence-corrected chi connectivity index (χ1v) is 10.4. The molecule has 1 aliphatic heterocycles. The third-order valence-corrected chi connectivity index (χ3v) is 6.37. The molecule has 1 aromatic heterocycles. The molecule has 27 heavy (non-hydrogen) atoms. The number of thioether (sulfide) groups is 1. The third kappa shape index (κ3) is 4.61. The fraction of sp³-hybridized carbons (Fsp3) is 0.235. The predicted octanol–water partition coefficient (Wildman–Crippen LogP) is 5.10. The number of benzene rings is 1. The highest BCUT2D eigenvalue weighted by Crippen LogP contribution is 2.42. The van der Waals surface area contributed by atoms with Crippen molar-refractivity contribution in [1.29, 1.82) is 0 Å². The van der Waals surface area contributed by atoms with Gasteiger partial charge in [0.25, 0.3) is 0 Å². The molecule has 1 aliphatic rings. The molecule has 2 aromatic rings. The van der Waals surface area contributed by atoms with E-state index in [1.807, 2.05) is 31.4 Å². The Morgan fingerprint density at radius 1 is 1.41 bits per heavy atom. The Balaban J connectivity index is 1.80. The van der Waals surface area contributed by atoms with Crippen LogP contribution in [0.1, 0.15) is 18.7 Å². The van der Waals surface area contributed by atoms with Crippen LogP contribution in [-0.4, -0.2) is 42.8 Å². The summed E-state index contributed by atoms with van der Waals surface area (Å²) in [5, 5.41) is 22.3. The summed E-state index contributed by atoms with van der Waals surface area (Å²) in [6.45, 7) is 3.79. The molecule has 0 spiro atoms. The minimum Gasteiger partial charge on any atom is -0.306 e. The minimum absolute atomic E-state index is 0.483. The Morgan fingerprint density at radius 2 is 2.11 bits per heavy atom. The summed E-state index contributed by atoms with van der Waals surface area (Å²) in [7, 11) is 0. The van der Waals surface area contributed by atoms with Crippen molar-refractivity contribution < 1.29 is 10.0 Å². The van der Waals surface area contributed by atoms with Gasteiger partial charge < -0.3 is 5.32 Å². The maximum absolute atomic E-state index is 12.6. The number of hydrogen-bond acceptors (Lipinski definition) is 6. The van der Waals surface area contributed by atoms with Gasteiger partial charge in [0.2, 0.25) is 0 Å². The number of hydrazone groups is 1. The van der Waals surface area contributed by atoms with E-state index in [0.29, 0.717) is 20.1 Å².